The zero-order valence-electron chi connectivity index (χ0n) is 14.3. The van der Waals surface area contributed by atoms with Crippen LogP contribution in [0.15, 0.2) is 60.7 Å². The summed E-state index contributed by atoms with van der Waals surface area (Å²) < 4.78 is 0. The van der Waals surface area contributed by atoms with Crippen LogP contribution in [0.5, 0.6) is 0 Å². The normalized spacial score (nSPS) is 13.8. The molecule has 1 aliphatic rings. The van der Waals surface area contributed by atoms with E-state index in [0.717, 1.165) is 36.8 Å². The van der Waals surface area contributed by atoms with Crippen LogP contribution in [0, 0.1) is 0 Å². The van der Waals surface area contributed by atoms with E-state index in [1.807, 2.05) is 47.4 Å². The van der Waals surface area contributed by atoms with Crippen molar-refractivity contribution in [3.8, 4) is 0 Å². The molecule has 3 aromatic rings. The van der Waals surface area contributed by atoms with Crippen LogP contribution in [0.25, 0.3) is 10.9 Å². The predicted molar refractivity (Wildman–Crippen MR) is 101 cm³/mol. The fourth-order valence-corrected chi connectivity index (χ4v) is 3.25. The van der Waals surface area contributed by atoms with E-state index in [2.05, 4.69) is 10.3 Å². The highest BCUT2D eigenvalue weighted by Gasteiger charge is 2.22. The second-order valence-corrected chi connectivity index (χ2v) is 6.39. The number of hydrogen-bond donors (Lipinski definition) is 1. The van der Waals surface area contributed by atoms with Crippen molar-refractivity contribution < 1.29 is 9.59 Å². The van der Waals surface area contributed by atoms with Crippen LogP contribution in [0.4, 0.5) is 5.69 Å². The van der Waals surface area contributed by atoms with Crippen molar-refractivity contribution in [1.82, 2.24) is 9.88 Å². The van der Waals surface area contributed by atoms with Gasteiger partial charge in [0.05, 0.1) is 16.8 Å². The maximum absolute atomic E-state index is 12.7. The van der Waals surface area contributed by atoms with E-state index in [-0.39, 0.29) is 11.8 Å². The van der Waals surface area contributed by atoms with Gasteiger partial charge in [-0.05, 0) is 37.1 Å². The lowest BCUT2D eigenvalue weighted by atomic mass is 10.1. The third kappa shape index (κ3) is 3.16. The van der Waals surface area contributed by atoms with Crippen LogP contribution < -0.4 is 5.32 Å². The summed E-state index contributed by atoms with van der Waals surface area (Å²) in [5, 5.41) is 3.83. The van der Waals surface area contributed by atoms with Gasteiger partial charge in [0.25, 0.3) is 11.8 Å². The van der Waals surface area contributed by atoms with E-state index >= 15 is 0 Å². The van der Waals surface area contributed by atoms with Gasteiger partial charge in [0.1, 0.15) is 5.69 Å². The molecule has 1 aliphatic heterocycles. The van der Waals surface area contributed by atoms with E-state index in [1.165, 1.54) is 0 Å². The Morgan fingerprint density at radius 1 is 0.885 bits per heavy atom. The molecule has 0 aliphatic carbocycles. The van der Waals surface area contributed by atoms with Gasteiger partial charge in [0.2, 0.25) is 0 Å². The first-order chi connectivity index (χ1) is 12.7. The van der Waals surface area contributed by atoms with Gasteiger partial charge in [-0.25, -0.2) is 4.98 Å². The molecule has 5 heteroatoms. The lowest BCUT2D eigenvalue weighted by Gasteiger charge is -2.17. The fraction of sp³-hybridized carbons (Fsp3) is 0.190. The standard InChI is InChI=1S/C21H19N3O2/c25-20(19-12-11-15-7-1-3-9-17(15)22-19)23-18-10-4-2-8-16(18)21(26)24-13-5-6-14-24/h1-4,7-12H,5-6,13-14H2,(H,23,25). The molecule has 2 amide bonds. The van der Waals surface area contributed by atoms with Gasteiger partial charge in [-0.3, -0.25) is 9.59 Å². The van der Waals surface area contributed by atoms with E-state index in [4.69, 9.17) is 0 Å². The lowest BCUT2D eigenvalue weighted by molar-refractivity contribution is 0.0794. The molecule has 1 aromatic heterocycles. The first-order valence-electron chi connectivity index (χ1n) is 8.78. The third-order valence-corrected chi connectivity index (χ3v) is 4.63. The molecule has 26 heavy (non-hydrogen) atoms. The maximum Gasteiger partial charge on any atom is 0.274 e. The summed E-state index contributed by atoms with van der Waals surface area (Å²) in [5.41, 5.74) is 2.13. The third-order valence-electron chi connectivity index (χ3n) is 4.63. The molecule has 4 rings (SSSR count). The van der Waals surface area contributed by atoms with Crippen LogP contribution in [0.3, 0.4) is 0 Å². The van der Waals surface area contributed by atoms with Gasteiger partial charge in [-0.2, -0.15) is 0 Å². The SMILES string of the molecule is O=C(Nc1ccccc1C(=O)N1CCCC1)c1ccc2ccccc2n1. The van der Waals surface area contributed by atoms with Crippen LogP contribution in [-0.2, 0) is 0 Å². The molecule has 130 valence electrons. The quantitative estimate of drug-likeness (QED) is 0.787. The molecule has 0 saturated carbocycles. The minimum absolute atomic E-state index is 0.0372. The number of hydrogen-bond acceptors (Lipinski definition) is 3. The smallest absolute Gasteiger partial charge is 0.274 e. The Morgan fingerprint density at radius 3 is 2.46 bits per heavy atom. The summed E-state index contributed by atoms with van der Waals surface area (Å²) in [5.74, 6) is -0.359. The summed E-state index contributed by atoms with van der Waals surface area (Å²) in [4.78, 5) is 31.6. The van der Waals surface area contributed by atoms with Crippen molar-refractivity contribution in [1.29, 1.82) is 0 Å². The Hall–Kier alpha value is -3.21. The van der Waals surface area contributed by atoms with E-state index in [0.29, 0.717) is 16.9 Å². The Labute approximate surface area is 151 Å². The number of carbonyl (C=O) groups is 2. The Bertz CT molecular complexity index is 978. The molecule has 0 bridgehead atoms. The van der Waals surface area contributed by atoms with Gasteiger partial charge < -0.3 is 10.2 Å². The molecule has 0 atom stereocenters. The highest BCUT2D eigenvalue weighted by Crippen LogP contribution is 2.21. The summed E-state index contributed by atoms with van der Waals surface area (Å²) in [7, 11) is 0. The number of fused-ring (bicyclic) bond motifs is 1. The number of benzene rings is 2. The molecule has 0 unspecified atom stereocenters. The molecule has 2 aromatic carbocycles. The summed E-state index contributed by atoms with van der Waals surface area (Å²) >= 11 is 0. The van der Waals surface area contributed by atoms with Crippen LogP contribution >= 0.6 is 0 Å². The average molecular weight is 345 g/mol. The number of carbonyl (C=O) groups excluding carboxylic acids is 2. The minimum Gasteiger partial charge on any atom is -0.339 e. The Morgan fingerprint density at radius 2 is 1.62 bits per heavy atom. The van der Waals surface area contributed by atoms with Gasteiger partial charge in [-0.15, -0.1) is 0 Å². The molecule has 0 radical (unpaired) electrons. The molecular formula is C21H19N3O2. The van der Waals surface area contributed by atoms with Gasteiger partial charge in [0.15, 0.2) is 0 Å². The second-order valence-electron chi connectivity index (χ2n) is 6.39. The molecule has 1 saturated heterocycles. The lowest BCUT2D eigenvalue weighted by Crippen LogP contribution is -2.28. The van der Waals surface area contributed by atoms with Crippen LogP contribution in [0.1, 0.15) is 33.7 Å². The van der Waals surface area contributed by atoms with Crippen molar-refractivity contribution in [2.45, 2.75) is 12.8 Å². The largest absolute Gasteiger partial charge is 0.339 e. The number of amides is 2. The molecule has 5 nitrogen and oxygen atoms in total. The van der Waals surface area contributed by atoms with Crippen molar-refractivity contribution in [2.75, 3.05) is 18.4 Å². The summed E-state index contributed by atoms with van der Waals surface area (Å²) in [6, 6.07) is 18.3. The van der Waals surface area contributed by atoms with Crippen LogP contribution in [0.2, 0.25) is 0 Å². The number of rotatable bonds is 3. The molecule has 1 N–H and O–H groups in total. The highest BCUT2D eigenvalue weighted by atomic mass is 16.2. The van der Waals surface area contributed by atoms with Gasteiger partial charge >= 0.3 is 0 Å². The van der Waals surface area contributed by atoms with E-state index < -0.39 is 0 Å². The molecule has 2 heterocycles. The summed E-state index contributed by atoms with van der Waals surface area (Å²) in [6.07, 6.45) is 2.06. The average Bonchev–Trinajstić information content (AvgIpc) is 3.22. The number of likely N-dealkylation sites (tertiary alicyclic amines) is 1. The Kier molecular flexibility index (Phi) is 4.35. The Balaban J connectivity index is 1.60. The van der Waals surface area contributed by atoms with Gasteiger partial charge in [-0.1, -0.05) is 36.4 Å². The van der Waals surface area contributed by atoms with Crippen molar-refractivity contribution in [2.24, 2.45) is 0 Å². The van der Waals surface area contributed by atoms with Gasteiger partial charge in [0, 0.05) is 18.5 Å². The second kappa shape index (κ2) is 6.96. The fourth-order valence-electron chi connectivity index (χ4n) is 3.25. The van der Waals surface area contributed by atoms with Crippen molar-refractivity contribution >= 4 is 28.4 Å². The number of nitrogens with one attached hydrogen (secondary N) is 1. The molecule has 1 fully saturated rings. The first kappa shape index (κ1) is 16.3. The number of aromatic nitrogens is 1. The number of pyridine rings is 1. The molecule has 0 spiro atoms. The summed E-state index contributed by atoms with van der Waals surface area (Å²) in [6.45, 7) is 1.54. The predicted octanol–water partition coefficient (Wildman–Crippen LogP) is 3.72. The topological polar surface area (TPSA) is 62.3 Å². The zero-order chi connectivity index (χ0) is 17.9. The minimum atomic E-state index is -0.322. The first-order valence-corrected chi connectivity index (χ1v) is 8.78. The van der Waals surface area contributed by atoms with Crippen LogP contribution in [-0.4, -0.2) is 34.8 Å². The maximum atomic E-state index is 12.7. The monoisotopic (exact) mass is 345 g/mol. The number of anilines is 1. The van der Waals surface area contributed by atoms with Crippen molar-refractivity contribution in [3.05, 3.63) is 71.9 Å². The van der Waals surface area contributed by atoms with E-state index in [9.17, 15) is 9.59 Å². The number of para-hydroxylation sites is 2. The van der Waals surface area contributed by atoms with Crippen molar-refractivity contribution in [3.63, 3.8) is 0 Å². The zero-order valence-corrected chi connectivity index (χ0v) is 14.3. The van der Waals surface area contributed by atoms with E-state index in [1.54, 1.807) is 18.2 Å². The number of nitrogens with zero attached hydrogens (tertiary/aromatic N) is 2. The highest BCUT2D eigenvalue weighted by molar-refractivity contribution is 6.08. The molecular weight excluding hydrogens is 326 g/mol.